The van der Waals surface area contributed by atoms with Gasteiger partial charge >= 0.3 is 0 Å². The molecule has 0 aliphatic carbocycles. The smallest absolute Gasteiger partial charge is 0.161 e. The second kappa shape index (κ2) is 3.89. The topological polar surface area (TPSA) is 34.1 Å². The minimum atomic E-state index is -0.0898. The van der Waals surface area contributed by atoms with Crippen molar-refractivity contribution in [3.63, 3.8) is 0 Å². The molecule has 70 valence electrons. The van der Waals surface area contributed by atoms with Crippen LogP contribution in [0, 0.1) is 12.3 Å². The third kappa shape index (κ3) is 1.89. The highest BCUT2D eigenvalue weighted by atomic mass is 16.1. The van der Waals surface area contributed by atoms with Gasteiger partial charge in [0.2, 0.25) is 0 Å². The Balaban J connectivity index is 3.34. The molecule has 0 amide bonds. The van der Waals surface area contributed by atoms with Gasteiger partial charge in [-0.05, 0) is 26.0 Å². The minimum Gasteiger partial charge on any atom is -0.295 e. The van der Waals surface area contributed by atoms with E-state index in [4.69, 9.17) is 6.42 Å². The number of Topliss-reactive ketones (excluding diaryl/α,β-unsaturated/α-hetero) is 2. The van der Waals surface area contributed by atoms with Crippen molar-refractivity contribution in [3.05, 3.63) is 34.9 Å². The van der Waals surface area contributed by atoms with Gasteiger partial charge in [0, 0.05) is 16.7 Å². The molecule has 0 aliphatic rings. The Morgan fingerprint density at radius 1 is 1.21 bits per heavy atom. The van der Waals surface area contributed by atoms with E-state index >= 15 is 0 Å². The lowest BCUT2D eigenvalue weighted by Gasteiger charge is -2.02. The monoisotopic (exact) mass is 186 g/mol. The Morgan fingerprint density at radius 3 is 2.29 bits per heavy atom. The maximum atomic E-state index is 11.1. The first-order chi connectivity index (χ1) is 6.56. The van der Waals surface area contributed by atoms with Crippen LogP contribution < -0.4 is 0 Å². The van der Waals surface area contributed by atoms with E-state index in [-0.39, 0.29) is 11.6 Å². The molecule has 0 fully saturated rings. The Bertz CT molecular complexity index is 436. The molecule has 2 heteroatoms. The summed E-state index contributed by atoms with van der Waals surface area (Å²) < 4.78 is 0. The van der Waals surface area contributed by atoms with E-state index in [1.54, 1.807) is 18.2 Å². The van der Waals surface area contributed by atoms with E-state index in [1.807, 2.05) is 0 Å². The van der Waals surface area contributed by atoms with E-state index in [2.05, 4.69) is 5.92 Å². The van der Waals surface area contributed by atoms with E-state index in [9.17, 15) is 9.59 Å². The lowest BCUT2D eigenvalue weighted by molar-refractivity contribution is 0.100. The number of carbonyl (C=O) groups excluding carboxylic acids is 2. The summed E-state index contributed by atoms with van der Waals surface area (Å²) in [5.41, 5.74) is 1.49. The SMILES string of the molecule is C#Cc1cc(C(C)=O)ccc1C(C)=O. The van der Waals surface area contributed by atoms with Crippen molar-refractivity contribution in [1.82, 2.24) is 0 Å². The molecule has 0 spiro atoms. The average Bonchev–Trinajstić information content (AvgIpc) is 2.16. The number of hydrogen-bond acceptors (Lipinski definition) is 2. The van der Waals surface area contributed by atoms with Crippen molar-refractivity contribution in [2.24, 2.45) is 0 Å². The second-order valence-electron chi connectivity index (χ2n) is 3.02. The molecule has 14 heavy (non-hydrogen) atoms. The predicted molar refractivity (Wildman–Crippen MR) is 54.4 cm³/mol. The average molecular weight is 186 g/mol. The molecule has 0 radical (unpaired) electrons. The van der Waals surface area contributed by atoms with E-state index in [1.165, 1.54) is 13.8 Å². The summed E-state index contributed by atoms with van der Waals surface area (Å²) in [6.07, 6.45) is 5.24. The molecule has 0 N–H and O–H groups in total. The molecule has 0 saturated carbocycles. The molecule has 0 aliphatic heterocycles. The van der Waals surface area contributed by atoms with Gasteiger partial charge in [-0.2, -0.15) is 0 Å². The van der Waals surface area contributed by atoms with Gasteiger partial charge in [-0.15, -0.1) is 6.42 Å². The van der Waals surface area contributed by atoms with Crippen molar-refractivity contribution in [2.75, 3.05) is 0 Å². The molecule has 1 rings (SSSR count). The first kappa shape index (κ1) is 10.2. The van der Waals surface area contributed by atoms with Gasteiger partial charge in [-0.3, -0.25) is 9.59 Å². The molecule has 0 saturated heterocycles. The summed E-state index contributed by atoms with van der Waals surface area (Å²) in [7, 11) is 0. The van der Waals surface area contributed by atoms with Gasteiger partial charge in [0.05, 0.1) is 0 Å². The molecule has 0 unspecified atom stereocenters. The lowest BCUT2D eigenvalue weighted by Crippen LogP contribution is -2.00. The molecular formula is C12H10O2. The summed E-state index contributed by atoms with van der Waals surface area (Å²) >= 11 is 0. The van der Waals surface area contributed by atoms with Crippen LogP contribution >= 0.6 is 0 Å². The molecule has 0 aromatic heterocycles. The Labute approximate surface area is 82.9 Å². The molecule has 1 aromatic rings. The first-order valence-corrected chi connectivity index (χ1v) is 4.18. The van der Waals surface area contributed by atoms with E-state index in [0.717, 1.165) is 0 Å². The van der Waals surface area contributed by atoms with Crippen molar-refractivity contribution < 1.29 is 9.59 Å². The van der Waals surface area contributed by atoms with Crippen LogP contribution in [0.4, 0.5) is 0 Å². The molecule has 0 atom stereocenters. The number of ketones is 2. The number of rotatable bonds is 2. The molecule has 2 nitrogen and oxygen atoms in total. The van der Waals surface area contributed by atoms with Gasteiger partial charge in [0.25, 0.3) is 0 Å². The summed E-state index contributed by atoms with van der Waals surface area (Å²) in [6.45, 7) is 2.91. The summed E-state index contributed by atoms with van der Waals surface area (Å²) in [4.78, 5) is 22.2. The lowest BCUT2D eigenvalue weighted by atomic mass is 10.0. The van der Waals surface area contributed by atoms with Crippen LogP contribution in [0.3, 0.4) is 0 Å². The first-order valence-electron chi connectivity index (χ1n) is 4.18. The number of benzene rings is 1. The van der Waals surface area contributed by atoms with Crippen LogP contribution in [0.25, 0.3) is 0 Å². The highest BCUT2D eigenvalue weighted by Gasteiger charge is 2.07. The molecular weight excluding hydrogens is 176 g/mol. The van der Waals surface area contributed by atoms with Crippen molar-refractivity contribution >= 4 is 11.6 Å². The van der Waals surface area contributed by atoms with Gasteiger partial charge in [-0.1, -0.05) is 12.0 Å². The van der Waals surface area contributed by atoms with Crippen LogP contribution in [-0.4, -0.2) is 11.6 Å². The van der Waals surface area contributed by atoms with Gasteiger partial charge in [-0.25, -0.2) is 0 Å². The third-order valence-electron chi connectivity index (χ3n) is 1.96. The highest BCUT2D eigenvalue weighted by Crippen LogP contribution is 2.12. The fourth-order valence-corrected chi connectivity index (χ4v) is 1.19. The number of carbonyl (C=O) groups is 2. The van der Waals surface area contributed by atoms with E-state index in [0.29, 0.717) is 16.7 Å². The second-order valence-corrected chi connectivity index (χ2v) is 3.02. The predicted octanol–water partition coefficient (Wildman–Crippen LogP) is 2.07. The summed E-state index contributed by atoms with van der Waals surface area (Å²) in [5, 5.41) is 0. The molecule has 1 aromatic carbocycles. The maximum absolute atomic E-state index is 11.1. The molecule has 0 bridgehead atoms. The zero-order chi connectivity index (χ0) is 10.7. The summed E-state index contributed by atoms with van der Waals surface area (Å²) in [6, 6.07) is 4.77. The van der Waals surface area contributed by atoms with Crippen LogP contribution in [-0.2, 0) is 0 Å². The quantitative estimate of drug-likeness (QED) is 0.523. The summed E-state index contributed by atoms with van der Waals surface area (Å²) in [5.74, 6) is 2.25. The van der Waals surface area contributed by atoms with Crippen LogP contribution in [0.5, 0.6) is 0 Å². The van der Waals surface area contributed by atoms with Crippen LogP contribution in [0.2, 0.25) is 0 Å². The van der Waals surface area contributed by atoms with Crippen molar-refractivity contribution in [2.45, 2.75) is 13.8 Å². The normalized spacial score (nSPS) is 9.21. The van der Waals surface area contributed by atoms with Crippen molar-refractivity contribution in [3.8, 4) is 12.3 Å². The molecule has 0 heterocycles. The zero-order valence-corrected chi connectivity index (χ0v) is 8.13. The number of hydrogen-bond donors (Lipinski definition) is 0. The number of terminal acetylenes is 1. The maximum Gasteiger partial charge on any atom is 0.161 e. The highest BCUT2D eigenvalue weighted by molar-refractivity contribution is 5.99. The Kier molecular flexibility index (Phi) is 2.83. The van der Waals surface area contributed by atoms with Gasteiger partial charge in [0.1, 0.15) is 0 Å². The van der Waals surface area contributed by atoms with Gasteiger partial charge in [0.15, 0.2) is 11.6 Å². The fourth-order valence-electron chi connectivity index (χ4n) is 1.19. The van der Waals surface area contributed by atoms with E-state index < -0.39 is 0 Å². The van der Waals surface area contributed by atoms with Crippen molar-refractivity contribution in [1.29, 1.82) is 0 Å². The Hall–Kier alpha value is -1.88. The standard InChI is InChI=1S/C12H10O2/c1-4-10-7-11(8(2)13)5-6-12(10)9(3)14/h1,5-7H,2-3H3. The van der Waals surface area contributed by atoms with Crippen LogP contribution in [0.15, 0.2) is 18.2 Å². The Morgan fingerprint density at radius 2 is 1.86 bits per heavy atom. The third-order valence-corrected chi connectivity index (χ3v) is 1.96. The van der Waals surface area contributed by atoms with Crippen LogP contribution in [0.1, 0.15) is 40.1 Å². The minimum absolute atomic E-state index is 0.0587. The largest absolute Gasteiger partial charge is 0.295 e. The van der Waals surface area contributed by atoms with Gasteiger partial charge < -0.3 is 0 Å². The fraction of sp³-hybridized carbons (Fsp3) is 0.167. The zero-order valence-electron chi connectivity index (χ0n) is 8.13.